The fourth-order valence-electron chi connectivity index (χ4n) is 3.83. The molecule has 2 aromatic carbocycles. The highest BCUT2D eigenvalue weighted by Gasteiger charge is 2.11. The summed E-state index contributed by atoms with van der Waals surface area (Å²) in [6, 6.07) is 17.2. The summed E-state index contributed by atoms with van der Waals surface area (Å²) in [5, 5.41) is 0. The molecule has 1 aromatic heterocycles. The standard InChI is InChI=1S/C26H30N2O3/c1-20-5-6-22(17-21(20)2)19-31-25-11-14-28(26(29)18-25)23-7-9-24(10-8-23)30-16-15-27-12-3-4-13-27/h5-11,14,17-18H,3-4,12-13,15-16,19H2,1-2H3. The molecule has 5 nitrogen and oxygen atoms in total. The molecule has 0 bridgehead atoms. The lowest BCUT2D eigenvalue weighted by molar-refractivity contribution is 0.238. The van der Waals surface area contributed by atoms with Crippen molar-refractivity contribution < 1.29 is 9.47 Å². The van der Waals surface area contributed by atoms with Gasteiger partial charge in [0.05, 0.1) is 0 Å². The van der Waals surface area contributed by atoms with E-state index in [1.54, 1.807) is 10.8 Å². The number of hydrogen-bond donors (Lipinski definition) is 0. The molecule has 5 heteroatoms. The fraction of sp³-hybridized carbons (Fsp3) is 0.346. The van der Waals surface area contributed by atoms with Gasteiger partial charge in [-0.3, -0.25) is 14.3 Å². The first-order chi connectivity index (χ1) is 15.1. The Morgan fingerprint density at radius 2 is 1.61 bits per heavy atom. The summed E-state index contributed by atoms with van der Waals surface area (Å²) in [6.07, 6.45) is 4.33. The molecule has 2 heterocycles. The van der Waals surface area contributed by atoms with E-state index in [-0.39, 0.29) is 5.56 Å². The minimum Gasteiger partial charge on any atom is -0.492 e. The van der Waals surface area contributed by atoms with E-state index >= 15 is 0 Å². The molecule has 0 amide bonds. The number of pyridine rings is 1. The fourth-order valence-corrected chi connectivity index (χ4v) is 3.83. The molecule has 1 aliphatic rings. The third-order valence-corrected chi connectivity index (χ3v) is 5.86. The van der Waals surface area contributed by atoms with Crippen LogP contribution in [0.1, 0.15) is 29.5 Å². The average molecular weight is 419 g/mol. The summed E-state index contributed by atoms with van der Waals surface area (Å²) in [4.78, 5) is 15.0. The van der Waals surface area contributed by atoms with Gasteiger partial charge in [0.1, 0.15) is 24.7 Å². The van der Waals surface area contributed by atoms with Crippen LogP contribution in [-0.2, 0) is 6.61 Å². The zero-order valence-electron chi connectivity index (χ0n) is 18.3. The van der Waals surface area contributed by atoms with Gasteiger partial charge in [0.15, 0.2) is 0 Å². The maximum Gasteiger partial charge on any atom is 0.258 e. The second-order valence-corrected chi connectivity index (χ2v) is 8.17. The van der Waals surface area contributed by atoms with Crippen molar-refractivity contribution in [1.29, 1.82) is 0 Å². The highest BCUT2D eigenvalue weighted by Crippen LogP contribution is 2.17. The maximum absolute atomic E-state index is 12.6. The molecule has 0 radical (unpaired) electrons. The van der Waals surface area contributed by atoms with E-state index in [0.717, 1.165) is 23.5 Å². The average Bonchev–Trinajstić information content (AvgIpc) is 3.29. The Bertz CT molecular complexity index is 1070. The van der Waals surface area contributed by atoms with Gasteiger partial charge in [0, 0.05) is 24.5 Å². The first-order valence-corrected chi connectivity index (χ1v) is 11.0. The van der Waals surface area contributed by atoms with Gasteiger partial charge in [0.2, 0.25) is 0 Å². The number of nitrogens with zero attached hydrogens (tertiary/aromatic N) is 2. The molecule has 0 unspecified atom stereocenters. The van der Waals surface area contributed by atoms with Crippen LogP contribution in [0.2, 0.25) is 0 Å². The van der Waals surface area contributed by atoms with Crippen molar-refractivity contribution in [1.82, 2.24) is 9.47 Å². The molecule has 0 atom stereocenters. The van der Waals surface area contributed by atoms with Crippen LogP contribution in [-0.4, -0.2) is 35.7 Å². The molecule has 1 saturated heterocycles. The van der Waals surface area contributed by atoms with Crippen LogP contribution in [0, 0.1) is 13.8 Å². The van der Waals surface area contributed by atoms with E-state index in [1.165, 1.54) is 43.1 Å². The van der Waals surface area contributed by atoms with Crippen molar-refractivity contribution in [3.8, 4) is 17.2 Å². The highest BCUT2D eigenvalue weighted by atomic mass is 16.5. The van der Waals surface area contributed by atoms with Crippen LogP contribution in [0.5, 0.6) is 11.5 Å². The second kappa shape index (κ2) is 9.84. The molecule has 4 rings (SSSR count). The van der Waals surface area contributed by atoms with E-state index in [9.17, 15) is 4.79 Å². The molecule has 162 valence electrons. The Morgan fingerprint density at radius 1 is 0.839 bits per heavy atom. The van der Waals surface area contributed by atoms with Crippen LogP contribution in [0.4, 0.5) is 0 Å². The van der Waals surface area contributed by atoms with E-state index in [0.29, 0.717) is 19.0 Å². The summed E-state index contributed by atoms with van der Waals surface area (Å²) in [5.41, 5.74) is 4.26. The first-order valence-electron chi connectivity index (χ1n) is 11.0. The van der Waals surface area contributed by atoms with Crippen molar-refractivity contribution in [3.63, 3.8) is 0 Å². The quantitative estimate of drug-likeness (QED) is 0.540. The predicted octanol–water partition coefficient (Wildman–Crippen LogP) is 4.51. The number of ether oxygens (including phenoxy) is 2. The van der Waals surface area contributed by atoms with E-state index in [2.05, 4.69) is 36.9 Å². The molecular weight excluding hydrogens is 388 g/mol. The number of rotatable bonds is 8. The smallest absolute Gasteiger partial charge is 0.258 e. The van der Waals surface area contributed by atoms with E-state index in [1.807, 2.05) is 30.3 Å². The SMILES string of the molecule is Cc1ccc(COc2ccn(-c3ccc(OCCN4CCCC4)cc3)c(=O)c2)cc1C. The molecule has 0 aliphatic carbocycles. The molecule has 1 aliphatic heterocycles. The Kier molecular flexibility index (Phi) is 6.73. The van der Waals surface area contributed by atoms with Crippen molar-refractivity contribution in [2.45, 2.75) is 33.3 Å². The number of aromatic nitrogens is 1. The second-order valence-electron chi connectivity index (χ2n) is 8.17. The Hall–Kier alpha value is -3.05. The maximum atomic E-state index is 12.6. The van der Waals surface area contributed by atoms with Gasteiger partial charge in [-0.15, -0.1) is 0 Å². The van der Waals surface area contributed by atoms with Gasteiger partial charge in [-0.25, -0.2) is 0 Å². The molecule has 31 heavy (non-hydrogen) atoms. The molecule has 0 spiro atoms. The topological polar surface area (TPSA) is 43.7 Å². The van der Waals surface area contributed by atoms with Crippen LogP contribution >= 0.6 is 0 Å². The Morgan fingerprint density at radius 3 is 2.32 bits per heavy atom. The zero-order valence-corrected chi connectivity index (χ0v) is 18.3. The molecular formula is C26H30N2O3. The van der Waals surface area contributed by atoms with Crippen molar-refractivity contribution in [3.05, 3.63) is 87.8 Å². The van der Waals surface area contributed by atoms with Gasteiger partial charge in [-0.1, -0.05) is 18.2 Å². The van der Waals surface area contributed by atoms with Gasteiger partial charge in [-0.05, 0) is 86.8 Å². The van der Waals surface area contributed by atoms with Gasteiger partial charge < -0.3 is 9.47 Å². The monoisotopic (exact) mass is 418 g/mol. The minimum atomic E-state index is -0.125. The lowest BCUT2D eigenvalue weighted by atomic mass is 10.1. The van der Waals surface area contributed by atoms with Crippen molar-refractivity contribution in [2.24, 2.45) is 0 Å². The third-order valence-electron chi connectivity index (χ3n) is 5.86. The Balaban J connectivity index is 1.34. The summed E-state index contributed by atoms with van der Waals surface area (Å²) >= 11 is 0. The molecule has 0 saturated carbocycles. The van der Waals surface area contributed by atoms with Gasteiger partial charge >= 0.3 is 0 Å². The summed E-state index contributed by atoms with van der Waals surface area (Å²) in [5.74, 6) is 1.39. The highest BCUT2D eigenvalue weighted by molar-refractivity contribution is 5.38. The molecule has 0 N–H and O–H groups in total. The van der Waals surface area contributed by atoms with E-state index < -0.39 is 0 Å². The first kappa shape index (κ1) is 21.2. The van der Waals surface area contributed by atoms with Crippen LogP contribution in [0.3, 0.4) is 0 Å². The minimum absolute atomic E-state index is 0.125. The molecule has 3 aromatic rings. The Labute approximate surface area is 183 Å². The zero-order chi connectivity index (χ0) is 21.6. The van der Waals surface area contributed by atoms with Crippen LogP contribution in [0.15, 0.2) is 65.6 Å². The summed E-state index contributed by atoms with van der Waals surface area (Å²) in [7, 11) is 0. The number of benzene rings is 2. The largest absolute Gasteiger partial charge is 0.492 e. The normalized spacial score (nSPS) is 14.0. The number of aryl methyl sites for hydroxylation is 2. The third kappa shape index (κ3) is 5.56. The van der Waals surface area contributed by atoms with Crippen molar-refractivity contribution >= 4 is 0 Å². The number of hydrogen-bond acceptors (Lipinski definition) is 4. The van der Waals surface area contributed by atoms with E-state index in [4.69, 9.17) is 9.47 Å². The van der Waals surface area contributed by atoms with Crippen LogP contribution in [0.25, 0.3) is 5.69 Å². The van der Waals surface area contributed by atoms with Crippen molar-refractivity contribution in [2.75, 3.05) is 26.2 Å². The van der Waals surface area contributed by atoms with Crippen LogP contribution < -0.4 is 15.0 Å². The summed E-state index contributed by atoms with van der Waals surface area (Å²) < 4.78 is 13.3. The lowest BCUT2D eigenvalue weighted by Gasteiger charge is -2.15. The van der Waals surface area contributed by atoms with Gasteiger partial charge in [-0.2, -0.15) is 0 Å². The predicted molar refractivity (Wildman–Crippen MR) is 123 cm³/mol. The van der Waals surface area contributed by atoms with Gasteiger partial charge in [0.25, 0.3) is 5.56 Å². The number of likely N-dealkylation sites (tertiary alicyclic amines) is 1. The molecule has 1 fully saturated rings. The summed E-state index contributed by atoms with van der Waals surface area (Å²) in [6.45, 7) is 8.62. The lowest BCUT2D eigenvalue weighted by Crippen LogP contribution is -2.25.